The van der Waals surface area contributed by atoms with Crippen molar-refractivity contribution in [1.29, 1.82) is 0 Å². The molecule has 120 valence electrons. The predicted molar refractivity (Wildman–Crippen MR) is 61.6 cm³/mol. The molecule has 0 aliphatic heterocycles. The van der Waals surface area contributed by atoms with Gasteiger partial charge in [0.2, 0.25) is 0 Å². The molecule has 0 spiro atoms. The van der Waals surface area contributed by atoms with Crippen LogP contribution in [0.25, 0.3) is 0 Å². The van der Waals surface area contributed by atoms with Crippen LogP contribution >= 0.6 is 26.6 Å². The van der Waals surface area contributed by atoms with Crippen molar-refractivity contribution in [2.75, 3.05) is 0 Å². The van der Waals surface area contributed by atoms with E-state index < -0.39 is 48.8 Å². The molecule has 0 aliphatic rings. The van der Waals surface area contributed by atoms with Gasteiger partial charge in [0, 0.05) is 27.8 Å². The van der Waals surface area contributed by atoms with E-state index in [4.69, 9.17) is 10.7 Å². The molecule has 0 saturated carbocycles. The smallest absolute Gasteiger partial charge is 0.405 e. The van der Waals surface area contributed by atoms with E-state index in [0.29, 0.717) is 6.20 Å². The maximum Gasteiger partial charge on any atom is 0.573 e. The third-order valence-electron chi connectivity index (χ3n) is 1.95. The molecule has 0 fully saturated rings. The summed E-state index contributed by atoms with van der Waals surface area (Å²) in [5, 5.41) is -2.25. The number of hydrogen-bond acceptors (Lipinski definition) is 4. The van der Waals surface area contributed by atoms with E-state index >= 15 is 0 Å². The van der Waals surface area contributed by atoms with Crippen LogP contribution in [-0.2, 0) is 20.6 Å². The minimum atomic E-state index is -5.48. The minimum Gasteiger partial charge on any atom is -0.405 e. The fraction of sp³-hybridized carbons (Fsp3) is 0.375. The molecular weight excluding hydrogens is 420 g/mol. The van der Waals surface area contributed by atoms with Crippen LogP contribution in [0.2, 0.25) is 0 Å². The van der Waals surface area contributed by atoms with Gasteiger partial charge in [0.25, 0.3) is 9.05 Å². The molecule has 0 bridgehead atoms. The summed E-state index contributed by atoms with van der Waals surface area (Å²) in [4.78, 5) is 2.96. The van der Waals surface area contributed by atoms with Crippen LogP contribution in [0, 0.1) is 0 Å². The summed E-state index contributed by atoms with van der Waals surface area (Å²) in [6.45, 7) is 0. The number of hydrogen-bond donors (Lipinski definition) is 0. The van der Waals surface area contributed by atoms with Crippen molar-refractivity contribution in [3.8, 4) is 5.75 Å². The van der Waals surface area contributed by atoms with Crippen LogP contribution in [0.15, 0.2) is 11.2 Å². The third-order valence-corrected chi connectivity index (χ3v) is 3.76. The zero-order valence-electron chi connectivity index (χ0n) is 9.39. The molecule has 13 heteroatoms. The van der Waals surface area contributed by atoms with E-state index in [-0.39, 0.29) is 0 Å². The van der Waals surface area contributed by atoms with Crippen LogP contribution in [0.1, 0.15) is 11.1 Å². The molecule has 1 heterocycles. The third kappa shape index (κ3) is 4.61. The van der Waals surface area contributed by atoms with Gasteiger partial charge in [-0.15, -0.1) is 13.2 Å². The van der Waals surface area contributed by atoms with E-state index in [1.54, 1.807) is 0 Å². The average molecular weight is 423 g/mol. The van der Waals surface area contributed by atoms with Gasteiger partial charge in [-0.3, -0.25) is 0 Å². The lowest BCUT2D eigenvalue weighted by Gasteiger charge is -2.19. The van der Waals surface area contributed by atoms with E-state index in [0.717, 1.165) is 0 Å². The average Bonchev–Trinajstić information content (AvgIpc) is 2.23. The monoisotopic (exact) mass is 421 g/mol. The second-order valence-corrected chi connectivity index (χ2v) is 6.45. The Hall–Kier alpha value is -0.750. The topological polar surface area (TPSA) is 56.3 Å². The molecule has 1 aromatic rings. The second kappa shape index (κ2) is 5.80. The highest BCUT2D eigenvalue weighted by atomic mass is 79.9. The Morgan fingerprint density at radius 3 is 2.10 bits per heavy atom. The molecule has 1 rings (SSSR count). The summed E-state index contributed by atoms with van der Waals surface area (Å²) in [5.41, 5.74) is -2.87. The normalized spacial score (nSPS) is 13.3. The van der Waals surface area contributed by atoms with Gasteiger partial charge in [0.15, 0.2) is 5.03 Å². The van der Waals surface area contributed by atoms with E-state index in [2.05, 4.69) is 25.7 Å². The van der Waals surface area contributed by atoms with Gasteiger partial charge in [-0.1, -0.05) is 15.9 Å². The van der Waals surface area contributed by atoms with Crippen molar-refractivity contribution in [3.05, 3.63) is 17.3 Å². The Labute approximate surface area is 126 Å². The van der Waals surface area contributed by atoms with Crippen LogP contribution in [0.5, 0.6) is 5.75 Å². The molecule has 0 N–H and O–H groups in total. The molecule has 0 atom stereocenters. The maximum atomic E-state index is 12.9. The Morgan fingerprint density at radius 2 is 1.76 bits per heavy atom. The molecule has 1 aromatic heterocycles. The van der Waals surface area contributed by atoms with Crippen LogP contribution in [0.3, 0.4) is 0 Å². The fourth-order valence-corrected chi connectivity index (χ4v) is 2.66. The van der Waals surface area contributed by atoms with Crippen molar-refractivity contribution in [3.63, 3.8) is 0 Å². The molecular formula is C8H3BrClF6NO3S. The summed E-state index contributed by atoms with van der Waals surface area (Å²) >= 11 is 2.65. The zero-order valence-corrected chi connectivity index (χ0v) is 12.5. The van der Waals surface area contributed by atoms with Crippen LogP contribution < -0.4 is 4.74 Å². The van der Waals surface area contributed by atoms with Gasteiger partial charge < -0.3 is 4.74 Å². The number of aromatic nitrogens is 1. The van der Waals surface area contributed by atoms with E-state index in [9.17, 15) is 34.8 Å². The molecule has 0 aliphatic carbocycles. The van der Waals surface area contributed by atoms with Crippen molar-refractivity contribution >= 4 is 35.7 Å². The number of halogens is 8. The standard InChI is InChI=1S/C8H3BrClF6NO3S/c9-1-3-2-17-6(21(10,18)19)4(7(11,12)13)5(3)20-8(14,15)16/h2H,1H2. The highest BCUT2D eigenvalue weighted by molar-refractivity contribution is 9.08. The molecule has 0 radical (unpaired) electrons. The summed E-state index contributed by atoms with van der Waals surface area (Å²) < 4.78 is 101. The number of rotatable bonds is 3. The Balaban J connectivity index is 3.79. The quantitative estimate of drug-likeness (QED) is 0.422. The van der Waals surface area contributed by atoms with Gasteiger partial charge in [0.05, 0.1) is 0 Å². The highest BCUT2D eigenvalue weighted by Crippen LogP contribution is 2.44. The second-order valence-electron chi connectivity index (χ2n) is 3.41. The van der Waals surface area contributed by atoms with Crippen LogP contribution in [0.4, 0.5) is 26.3 Å². The van der Waals surface area contributed by atoms with E-state index in [1.807, 2.05) is 0 Å². The number of alkyl halides is 7. The summed E-state index contributed by atoms with van der Waals surface area (Å²) in [6.07, 6.45) is -10.5. The van der Waals surface area contributed by atoms with E-state index in [1.165, 1.54) is 0 Å². The first kappa shape index (κ1) is 18.3. The number of nitrogens with zero attached hydrogens (tertiary/aromatic N) is 1. The molecule has 0 aromatic carbocycles. The lowest BCUT2D eigenvalue weighted by molar-refractivity contribution is -0.276. The lowest BCUT2D eigenvalue weighted by Crippen LogP contribution is -2.23. The first-order chi connectivity index (χ1) is 9.27. The molecule has 0 saturated heterocycles. The Bertz CT molecular complexity index is 645. The van der Waals surface area contributed by atoms with Gasteiger partial charge in [-0.05, 0) is 0 Å². The maximum absolute atomic E-state index is 12.9. The van der Waals surface area contributed by atoms with Crippen molar-refractivity contribution in [1.82, 2.24) is 4.98 Å². The Kier molecular flexibility index (Phi) is 5.05. The summed E-state index contributed by atoms with van der Waals surface area (Å²) in [6, 6.07) is 0. The van der Waals surface area contributed by atoms with Gasteiger partial charge in [-0.2, -0.15) is 13.2 Å². The zero-order chi connectivity index (χ0) is 16.6. The first-order valence-electron chi connectivity index (χ1n) is 4.63. The molecule has 4 nitrogen and oxygen atoms in total. The molecule has 0 amide bonds. The minimum absolute atomic E-state index is 0.486. The van der Waals surface area contributed by atoms with Crippen molar-refractivity contribution in [2.45, 2.75) is 22.9 Å². The first-order valence-corrected chi connectivity index (χ1v) is 8.06. The van der Waals surface area contributed by atoms with Gasteiger partial charge >= 0.3 is 12.5 Å². The summed E-state index contributed by atoms with van der Waals surface area (Å²) in [7, 11) is -0.272. The molecule has 21 heavy (non-hydrogen) atoms. The summed E-state index contributed by atoms with van der Waals surface area (Å²) in [5.74, 6) is -1.72. The lowest BCUT2D eigenvalue weighted by atomic mass is 10.2. The highest BCUT2D eigenvalue weighted by Gasteiger charge is 2.45. The number of pyridine rings is 1. The largest absolute Gasteiger partial charge is 0.573 e. The molecule has 0 unspecified atom stereocenters. The van der Waals surface area contributed by atoms with Crippen LogP contribution in [-0.4, -0.2) is 19.8 Å². The fourth-order valence-electron chi connectivity index (χ4n) is 1.28. The van der Waals surface area contributed by atoms with Crippen molar-refractivity contribution in [2.24, 2.45) is 0 Å². The van der Waals surface area contributed by atoms with Crippen molar-refractivity contribution < 1.29 is 39.5 Å². The SMILES string of the molecule is O=S(=O)(Cl)c1ncc(CBr)c(OC(F)(F)F)c1C(F)(F)F. The van der Waals surface area contributed by atoms with Gasteiger partial charge in [0.1, 0.15) is 11.3 Å². The predicted octanol–water partition coefficient (Wildman–Crippen LogP) is 3.82. The number of ether oxygens (including phenoxy) is 1. The van der Waals surface area contributed by atoms with Gasteiger partial charge in [-0.25, -0.2) is 13.4 Å². The Morgan fingerprint density at radius 1 is 1.24 bits per heavy atom.